The molecule has 6 nitrogen and oxygen atoms in total. The number of rotatable bonds is 2. The number of esters is 1. The van der Waals surface area contributed by atoms with Gasteiger partial charge in [0.1, 0.15) is 11.5 Å². The summed E-state index contributed by atoms with van der Waals surface area (Å²) >= 11 is 0. The van der Waals surface area contributed by atoms with Gasteiger partial charge in [-0.05, 0) is 36.6 Å². The molecule has 0 amide bonds. The van der Waals surface area contributed by atoms with Gasteiger partial charge >= 0.3 is 5.97 Å². The Balaban J connectivity index is 1.98. The SMILES string of the molecule is CC(=O)c1ccc2c(c1O)[C@@H](c1cc3ccccc3[nH]c1=O)CC(=O)O2. The van der Waals surface area contributed by atoms with Crippen LogP contribution < -0.4 is 10.3 Å². The first-order chi connectivity index (χ1) is 12.5. The van der Waals surface area contributed by atoms with Crippen molar-refractivity contribution in [2.45, 2.75) is 19.3 Å². The summed E-state index contributed by atoms with van der Waals surface area (Å²) in [5.41, 5.74) is 1.10. The summed E-state index contributed by atoms with van der Waals surface area (Å²) in [4.78, 5) is 39.2. The number of phenolic OH excluding ortho intramolecular Hbond substituents is 1. The number of aromatic nitrogens is 1. The average Bonchev–Trinajstić information content (AvgIpc) is 2.60. The topological polar surface area (TPSA) is 96.5 Å². The molecule has 1 atom stereocenters. The molecule has 0 spiro atoms. The van der Waals surface area contributed by atoms with Gasteiger partial charge < -0.3 is 14.8 Å². The monoisotopic (exact) mass is 349 g/mol. The van der Waals surface area contributed by atoms with Gasteiger partial charge in [0.25, 0.3) is 5.56 Å². The van der Waals surface area contributed by atoms with E-state index in [9.17, 15) is 19.5 Å². The number of phenols is 1. The molecule has 0 saturated carbocycles. The highest BCUT2D eigenvalue weighted by atomic mass is 16.5. The van der Waals surface area contributed by atoms with Gasteiger partial charge in [0, 0.05) is 22.6 Å². The third-order valence-electron chi connectivity index (χ3n) is 4.66. The van der Waals surface area contributed by atoms with Gasteiger partial charge in [-0.25, -0.2) is 0 Å². The highest BCUT2D eigenvalue weighted by Gasteiger charge is 2.34. The molecular weight excluding hydrogens is 334 g/mol. The fourth-order valence-corrected chi connectivity index (χ4v) is 3.42. The minimum atomic E-state index is -0.695. The number of carbonyl (C=O) groups excluding carboxylic acids is 2. The van der Waals surface area contributed by atoms with Gasteiger partial charge in [0.2, 0.25) is 0 Å². The zero-order chi connectivity index (χ0) is 18.4. The van der Waals surface area contributed by atoms with Crippen molar-refractivity contribution in [1.29, 1.82) is 0 Å². The van der Waals surface area contributed by atoms with Crippen molar-refractivity contribution in [3.63, 3.8) is 0 Å². The highest BCUT2D eigenvalue weighted by Crippen LogP contribution is 2.44. The van der Waals surface area contributed by atoms with Crippen LogP contribution in [0.15, 0.2) is 47.3 Å². The fraction of sp³-hybridized carbons (Fsp3) is 0.150. The maximum Gasteiger partial charge on any atom is 0.312 e. The largest absolute Gasteiger partial charge is 0.507 e. The lowest BCUT2D eigenvalue weighted by Crippen LogP contribution is -2.26. The summed E-state index contributed by atoms with van der Waals surface area (Å²) in [7, 11) is 0. The van der Waals surface area contributed by atoms with Gasteiger partial charge in [-0.2, -0.15) is 0 Å². The molecule has 2 aromatic carbocycles. The molecule has 0 unspecified atom stereocenters. The number of benzene rings is 2. The van der Waals surface area contributed by atoms with Crippen molar-refractivity contribution in [2.75, 3.05) is 0 Å². The second-order valence-corrected chi connectivity index (χ2v) is 6.30. The number of nitrogens with one attached hydrogen (secondary N) is 1. The molecule has 2 N–H and O–H groups in total. The van der Waals surface area contributed by atoms with Crippen molar-refractivity contribution in [1.82, 2.24) is 4.98 Å². The Morgan fingerprint density at radius 3 is 2.73 bits per heavy atom. The van der Waals surface area contributed by atoms with Crippen LogP contribution in [0.4, 0.5) is 0 Å². The number of aromatic hydroxyl groups is 1. The number of H-pyrrole nitrogens is 1. The lowest BCUT2D eigenvalue weighted by molar-refractivity contribution is -0.135. The molecule has 0 saturated heterocycles. The molecule has 4 rings (SSSR count). The molecular formula is C20H15NO5. The maximum absolute atomic E-state index is 12.6. The summed E-state index contributed by atoms with van der Waals surface area (Å²) in [5.74, 6) is -1.58. The zero-order valence-electron chi connectivity index (χ0n) is 13.9. The molecule has 6 heteroatoms. The van der Waals surface area contributed by atoms with Crippen molar-refractivity contribution >= 4 is 22.7 Å². The molecule has 26 heavy (non-hydrogen) atoms. The summed E-state index contributed by atoms with van der Waals surface area (Å²) in [6.07, 6.45) is -0.0939. The number of hydrogen-bond donors (Lipinski definition) is 2. The molecule has 130 valence electrons. The standard InChI is InChI=1S/C20H15NO5/c1-10(22)12-6-7-16-18(19(12)24)13(9-17(23)26-16)14-8-11-4-2-3-5-15(11)21-20(14)25/h2-8,13,24H,9H2,1H3,(H,21,25)/t13-/m1/s1. The van der Waals surface area contributed by atoms with Crippen LogP contribution >= 0.6 is 0 Å². The number of carbonyl (C=O) groups is 2. The van der Waals surface area contributed by atoms with Crippen molar-refractivity contribution in [2.24, 2.45) is 0 Å². The summed E-state index contributed by atoms with van der Waals surface area (Å²) in [6.45, 7) is 1.34. The first-order valence-electron chi connectivity index (χ1n) is 8.15. The Labute approximate surface area is 148 Å². The van der Waals surface area contributed by atoms with Gasteiger partial charge in [0.15, 0.2) is 5.78 Å². The van der Waals surface area contributed by atoms with E-state index in [0.717, 1.165) is 5.39 Å². The van der Waals surface area contributed by atoms with E-state index in [0.29, 0.717) is 11.1 Å². The van der Waals surface area contributed by atoms with Crippen LogP contribution in [-0.4, -0.2) is 21.8 Å². The zero-order valence-corrected chi connectivity index (χ0v) is 13.9. The molecule has 1 aliphatic rings. The molecule has 1 aliphatic heterocycles. The average molecular weight is 349 g/mol. The predicted molar refractivity (Wildman–Crippen MR) is 94.8 cm³/mol. The quantitative estimate of drug-likeness (QED) is 0.421. The van der Waals surface area contributed by atoms with Crippen molar-refractivity contribution < 1.29 is 19.4 Å². The Bertz CT molecular complexity index is 1130. The Morgan fingerprint density at radius 1 is 1.19 bits per heavy atom. The maximum atomic E-state index is 12.6. The first kappa shape index (κ1) is 16.1. The van der Waals surface area contributed by atoms with Gasteiger partial charge in [0.05, 0.1) is 12.0 Å². The van der Waals surface area contributed by atoms with Gasteiger partial charge in [-0.15, -0.1) is 0 Å². The number of pyridine rings is 1. The molecule has 1 aromatic heterocycles. The van der Waals surface area contributed by atoms with Gasteiger partial charge in [-0.1, -0.05) is 18.2 Å². The predicted octanol–water partition coefficient (Wildman–Crippen LogP) is 2.88. The first-order valence-corrected chi connectivity index (χ1v) is 8.15. The van der Waals surface area contributed by atoms with E-state index in [1.165, 1.54) is 19.1 Å². The number of ether oxygens (including phenoxy) is 1. The molecule has 2 heterocycles. The summed E-state index contributed by atoms with van der Waals surface area (Å²) in [6, 6.07) is 11.9. The normalized spacial score (nSPS) is 16.2. The minimum absolute atomic E-state index is 0.0939. The number of hydrogen-bond acceptors (Lipinski definition) is 5. The van der Waals surface area contributed by atoms with E-state index >= 15 is 0 Å². The van der Waals surface area contributed by atoms with E-state index in [2.05, 4.69) is 4.98 Å². The summed E-state index contributed by atoms with van der Waals surface area (Å²) < 4.78 is 5.20. The highest BCUT2D eigenvalue weighted by molar-refractivity contribution is 5.98. The lowest BCUT2D eigenvalue weighted by atomic mass is 9.84. The second-order valence-electron chi connectivity index (χ2n) is 6.30. The third kappa shape index (κ3) is 2.47. The number of aromatic amines is 1. The van der Waals surface area contributed by atoms with Crippen LogP contribution in [0.5, 0.6) is 11.5 Å². The van der Waals surface area contributed by atoms with Gasteiger partial charge in [-0.3, -0.25) is 14.4 Å². The van der Waals surface area contributed by atoms with Crippen LogP contribution in [0.1, 0.15) is 40.7 Å². The third-order valence-corrected chi connectivity index (χ3v) is 4.66. The van der Waals surface area contributed by atoms with E-state index in [-0.39, 0.29) is 40.4 Å². The van der Waals surface area contributed by atoms with E-state index in [1.807, 2.05) is 18.2 Å². The number of Topliss-reactive ketones (excluding diaryl/α,β-unsaturated/α-hetero) is 1. The van der Waals surface area contributed by atoms with Crippen LogP contribution in [0.2, 0.25) is 0 Å². The van der Waals surface area contributed by atoms with Crippen LogP contribution in [-0.2, 0) is 4.79 Å². The van der Waals surface area contributed by atoms with Crippen LogP contribution in [0.3, 0.4) is 0 Å². The Hall–Kier alpha value is -3.41. The van der Waals surface area contributed by atoms with Crippen molar-refractivity contribution in [3.05, 3.63) is 69.5 Å². The molecule has 0 bridgehead atoms. The molecule has 3 aromatic rings. The number of para-hydroxylation sites is 1. The lowest BCUT2D eigenvalue weighted by Gasteiger charge is -2.26. The summed E-state index contributed by atoms with van der Waals surface area (Å²) in [5, 5.41) is 11.4. The van der Waals surface area contributed by atoms with E-state index in [4.69, 9.17) is 4.74 Å². The molecule has 0 fully saturated rings. The number of fused-ring (bicyclic) bond motifs is 2. The smallest absolute Gasteiger partial charge is 0.312 e. The van der Waals surface area contributed by atoms with Crippen LogP contribution in [0, 0.1) is 0 Å². The molecule has 0 radical (unpaired) electrons. The van der Waals surface area contributed by atoms with Crippen molar-refractivity contribution in [3.8, 4) is 11.5 Å². The molecule has 0 aliphatic carbocycles. The fourth-order valence-electron chi connectivity index (χ4n) is 3.42. The second kappa shape index (κ2) is 5.84. The Morgan fingerprint density at radius 2 is 1.96 bits per heavy atom. The Kier molecular flexibility index (Phi) is 3.61. The van der Waals surface area contributed by atoms with Crippen LogP contribution in [0.25, 0.3) is 10.9 Å². The van der Waals surface area contributed by atoms with E-state index in [1.54, 1.807) is 12.1 Å². The minimum Gasteiger partial charge on any atom is -0.507 e. The number of ketones is 1. The van der Waals surface area contributed by atoms with E-state index < -0.39 is 11.9 Å².